The Balaban J connectivity index is 1.39. The van der Waals surface area contributed by atoms with E-state index in [1.165, 1.54) is 12.1 Å². The Kier molecular flexibility index (Phi) is 3.83. The number of rotatable bonds is 3. The van der Waals surface area contributed by atoms with Crippen LogP contribution in [0, 0.1) is 5.82 Å². The lowest BCUT2D eigenvalue weighted by molar-refractivity contribution is 0.629. The van der Waals surface area contributed by atoms with Crippen LogP contribution in [0.3, 0.4) is 0 Å². The number of nitrogens with zero attached hydrogens (tertiary/aromatic N) is 3. The zero-order chi connectivity index (χ0) is 20.2. The highest BCUT2D eigenvalue weighted by atomic mass is 32.1. The SMILES string of the molecule is O=c1c2c(-c3ccncc3)csc2ccn1[C@@H]1C[C@H]1c1ccc2cc(F)ccc2n1. The third-order valence-corrected chi connectivity index (χ3v) is 6.76. The van der Waals surface area contributed by atoms with E-state index >= 15 is 0 Å². The smallest absolute Gasteiger partial charge is 0.260 e. The number of halogens is 1. The second-order valence-corrected chi connectivity index (χ2v) is 8.55. The van der Waals surface area contributed by atoms with E-state index in [1.54, 1.807) is 29.8 Å². The number of aromatic nitrogens is 3. The van der Waals surface area contributed by atoms with Crippen LogP contribution in [0.5, 0.6) is 0 Å². The summed E-state index contributed by atoms with van der Waals surface area (Å²) < 4.78 is 16.3. The fourth-order valence-corrected chi connectivity index (χ4v) is 5.14. The molecule has 5 aromatic rings. The molecule has 0 aliphatic heterocycles. The molecule has 6 heteroatoms. The molecule has 1 aromatic carbocycles. The molecule has 0 bridgehead atoms. The quantitative estimate of drug-likeness (QED) is 0.390. The maximum Gasteiger partial charge on any atom is 0.260 e. The molecule has 4 aromatic heterocycles. The van der Waals surface area contributed by atoms with E-state index < -0.39 is 0 Å². The van der Waals surface area contributed by atoms with E-state index in [-0.39, 0.29) is 23.3 Å². The molecule has 0 saturated heterocycles. The van der Waals surface area contributed by atoms with Gasteiger partial charge in [0, 0.05) is 57.3 Å². The van der Waals surface area contributed by atoms with Crippen LogP contribution in [0.4, 0.5) is 4.39 Å². The van der Waals surface area contributed by atoms with Crippen molar-refractivity contribution in [2.75, 3.05) is 0 Å². The summed E-state index contributed by atoms with van der Waals surface area (Å²) in [5.41, 5.74) is 3.73. The molecule has 1 aliphatic rings. The molecule has 1 saturated carbocycles. The van der Waals surface area contributed by atoms with Crippen molar-refractivity contribution in [2.45, 2.75) is 18.4 Å². The van der Waals surface area contributed by atoms with Gasteiger partial charge in [-0.25, -0.2) is 4.39 Å². The highest BCUT2D eigenvalue weighted by molar-refractivity contribution is 7.17. The van der Waals surface area contributed by atoms with Gasteiger partial charge in [0.1, 0.15) is 5.82 Å². The molecule has 6 rings (SSSR count). The lowest BCUT2D eigenvalue weighted by atomic mass is 10.1. The number of pyridine rings is 3. The minimum absolute atomic E-state index is 0.0379. The second kappa shape index (κ2) is 6.57. The van der Waals surface area contributed by atoms with Gasteiger partial charge in [0.25, 0.3) is 5.56 Å². The van der Waals surface area contributed by atoms with Crippen molar-refractivity contribution in [1.82, 2.24) is 14.5 Å². The van der Waals surface area contributed by atoms with Gasteiger partial charge in [-0.15, -0.1) is 11.3 Å². The van der Waals surface area contributed by atoms with Crippen molar-refractivity contribution < 1.29 is 4.39 Å². The first kappa shape index (κ1) is 17.5. The van der Waals surface area contributed by atoms with E-state index in [0.717, 1.165) is 44.2 Å². The molecule has 30 heavy (non-hydrogen) atoms. The van der Waals surface area contributed by atoms with E-state index in [1.807, 2.05) is 46.5 Å². The first-order chi connectivity index (χ1) is 14.7. The van der Waals surface area contributed by atoms with Crippen LogP contribution in [0.25, 0.3) is 32.1 Å². The Hall–Kier alpha value is -3.38. The van der Waals surface area contributed by atoms with E-state index in [0.29, 0.717) is 0 Å². The summed E-state index contributed by atoms with van der Waals surface area (Å²) in [4.78, 5) is 22.2. The third kappa shape index (κ3) is 2.75. The van der Waals surface area contributed by atoms with Crippen LogP contribution in [-0.2, 0) is 0 Å². The van der Waals surface area contributed by atoms with Gasteiger partial charge in [-0.3, -0.25) is 14.8 Å². The molecule has 4 heterocycles. The molecule has 146 valence electrons. The van der Waals surface area contributed by atoms with Crippen molar-refractivity contribution in [1.29, 1.82) is 0 Å². The summed E-state index contributed by atoms with van der Waals surface area (Å²) in [6, 6.07) is 14.5. The fourth-order valence-electron chi connectivity index (χ4n) is 4.19. The van der Waals surface area contributed by atoms with Crippen molar-refractivity contribution in [3.63, 3.8) is 0 Å². The Morgan fingerprint density at radius 3 is 2.80 bits per heavy atom. The number of thiophene rings is 1. The van der Waals surface area contributed by atoms with Gasteiger partial charge >= 0.3 is 0 Å². The lowest BCUT2D eigenvalue weighted by Crippen LogP contribution is -2.18. The summed E-state index contributed by atoms with van der Waals surface area (Å²) in [6.07, 6.45) is 6.27. The van der Waals surface area contributed by atoms with Gasteiger partial charge in [-0.05, 0) is 54.4 Å². The zero-order valence-corrected chi connectivity index (χ0v) is 16.6. The first-order valence-corrected chi connectivity index (χ1v) is 10.7. The molecular formula is C24H16FN3OS. The molecule has 4 nitrogen and oxygen atoms in total. The summed E-state index contributed by atoms with van der Waals surface area (Å²) in [7, 11) is 0. The molecule has 0 radical (unpaired) electrons. The van der Waals surface area contributed by atoms with Crippen molar-refractivity contribution in [2.24, 2.45) is 0 Å². The first-order valence-electron chi connectivity index (χ1n) is 9.78. The minimum Gasteiger partial charge on any atom is -0.311 e. The van der Waals surface area contributed by atoms with E-state index in [4.69, 9.17) is 4.98 Å². The Bertz CT molecular complexity index is 1470. The summed E-state index contributed by atoms with van der Waals surface area (Å²) in [5, 5.41) is 3.59. The highest BCUT2D eigenvalue weighted by Crippen LogP contribution is 2.50. The number of fused-ring (bicyclic) bond motifs is 2. The van der Waals surface area contributed by atoms with Crippen LogP contribution < -0.4 is 5.56 Å². The highest BCUT2D eigenvalue weighted by Gasteiger charge is 2.41. The summed E-state index contributed by atoms with van der Waals surface area (Å²) in [5.74, 6) is -0.0698. The molecule has 0 amide bonds. The van der Waals surface area contributed by atoms with Crippen LogP contribution in [-0.4, -0.2) is 14.5 Å². The summed E-state index contributed by atoms with van der Waals surface area (Å²) in [6.45, 7) is 0. The largest absolute Gasteiger partial charge is 0.311 e. The molecule has 0 unspecified atom stereocenters. The number of benzene rings is 1. The predicted octanol–water partition coefficient (Wildman–Crippen LogP) is 5.54. The number of hydrogen-bond acceptors (Lipinski definition) is 4. The maximum atomic E-state index is 13.4. The molecule has 0 N–H and O–H groups in total. The lowest BCUT2D eigenvalue weighted by Gasteiger charge is -2.07. The topological polar surface area (TPSA) is 47.8 Å². The zero-order valence-electron chi connectivity index (χ0n) is 15.8. The summed E-state index contributed by atoms with van der Waals surface area (Å²) >= 11 is 1.59. The Morgan fingerprint density at radius 2 is 1.93 bits per heavy atom. The standard InChI is InChI=1S/C24H16FN3OS/c25-16-2-4-19-15(11-16)1-3-20(27-19)17-12-21(17)28-10-7-22-23(24(28)29)18(13-30-22)14-5-8-26-9-6-14/h1-11,13,17,21H,12H2/t17-,21+/m0/s1. The normalized spacial score (nSPS) is 18.2. The second-order valence-electron chi connectivity index (χ2n) is 7.64. The molecule has 1 fully saturated rings. The molecule has 2 atom stereocenters. The van der Waals surface area contributed by atoms with Crippen LogP contribution in [0.2, 0.25) is 0 Å². The van der Waals surface area contributed by atoms with Gasteiger partial charge in [0.05, 0.1) is 10.9 Å². The van der Waals surface area contributed by atoms with Gasteiger partial charge < -0.3 is 4.57 Å². The fraction of sp³-hybridized carbons (Fsp3) is 0.125. The average Bonchev–Trinajstić information content (AvgIpc) is 3.44. The van der Waals surface area contributed by atoms with Crippen LogP contribution in [0.15, 0.2) is 77.3 Å². The van der Waals surface area contributed by atoms with Crippen molar-refractivity contribution >= 4 is 32.3 Å². The Morgan fingerprint density at radius 1 is 1.07 bits per heavy atom. The van der Waals surface area contributed by atoms with Gasteiger partial charge in [0.15, 0.2) is 0 Å². The molecular weight excluding hydrogens is 397 g/mol. The molecule has 1 aliphatic carbocycles. The number of hydrogen-bond donors (Lipinski definition) is 0. The average molecular weight is 413 g/mol. The minimum atomic E-state index is -0.262. The van der Waals surface area contributed by atoms with Crippen LogP contribution in [0.1, 0.15) is 24.1 Å². The van der Waals surface area contributed by atoms with Crippen molar-refractivity contribution in [3.05, 3.63) is 94.4 Å². The van der Waals surface area contributed by atoms with Gasteiger partial charge in [0.2, 0.25) is 0 Å². The van der Waals surface area contributed by atoms with Crippen LogP contribution >= 0.6 is 11.3 Å². The van der Waals surface area contributed by atoms with E-state index in [9.17, 15) is 9.18 Å². The van der Waals surface area contributed by atoms with Crippen molar-refractivity contribution in [3.8, 4) is 11.1 Å². The predicted molar refractivity (Wildman–Crippen MR) is 117 cm³/mol. The monoisotopic (exact) mass is 413 g/mol. The molecule has 0 spiro atoms. The van der Waals surface area contributed by atoms with Gasteiger partial charge in [-0.1, -0.05) is 6.07 Å². The Labute approximate surface area is 175 Å². The van der Waals surface area contributed by atoms with E-state index in [2.05, 4.69) is 4.98 Å². The third-order valence-electron chi connectivity index (χ3n) is 5.81. The van der Waals surface area contributed by atoms with Gasteiger partial charge in [-0.2, -0.15) is 0 Å². The maximum absolute atomic E-state index is 13.4.